The number of benzene rings is 2. The van der Waals surface area contributed by atoms with E-state index in [0.29, 0.717) is 4.90 Å². The van der Waals surface area contributed by atoms with Crippen LogP contribution in [-0.4, -0.2) is 24.9 Å². The molecule has 2 aromatic carbocycles. The number of H-pyrrole nitrogens is 1. The number of aromatic nitrogens is 2. The molecule has 0 amide bonds. The molecule has 0 saturated heterocycles. The number of nitrogens with one attached hydrogen (secondary N) is 1. The number of nitrogens with zero attached hydrogens (tertiary/aromatic N) is 1. The van der Waals surface area contributed by atoms with E-state index in [2.05, 4.69) is 10.2 Å². The van der Waals surface area contributed by atoms with Gasteiger partial charge in [0.1, 0.15) is 0 Å². The molecule has 0 unspecified atom stereocenters. The molecule has 0 aliphatic heterocycles. The number of sulfone groups is 1. The summed E-state index contributed by atoms with van der Waals surface area (Å²) in [5.41, 5.74) is 2.56. The summed E-state index contributed by atoms with van der Waals surface area (Å²) >= 11 is 0. The van der Waals surface area contributed by atoms with Crippen molar-refractivity contribution in [1.82, 2.24) is 10.2 Å². The number of rotatable bonds is 2. The minimum atomic E-state index is -3.25. The van der Waals surface area contributed by atoms with Gasteiger partial charge in [-0.1, -0.05) is 30.3 Å². The van der Waals surface area contributed by atoms with E-state index in [0.717, 1.165) is 22.0 Å². The topological polar surface area (TPSA) is 62.8 Å². The zero-order valence-corrected chi connectivity index (χ0v) is 11.1. The summed E-state index contributed by atoms with van der Waals surface area (Å²) in [5.74, 6) is 0. The van der Waals surface area contributed by atoms with Gasteiger partial charge in [0.2, 0.25) is 0 Å². The summed E-state index contributed by atoms with van der Waals surface area (Å²) in [4.78, 5) is 0.295. The smallest absolute Gasteiger partial charge is 0.175 e. The fourth-order valence-corrected chi connectivity index (χ4v) is 2.76. The predicted octanol–water partition coefficient (Wildman–Crippen LogP) is 2.63. The maximum absolute atomic E-state index is 11.7. The van der Waals surface area contributed by atoms with Gasteiger partial charge in [0, 0.05) is 11.6 Å². The number of hydrogen-bond donors (Lipinski definition) is 1. The van der Waals surface area contributed by atoms with Crippen molar-refractivity contribution < 1.29 is 8.42 Å². The molecule has 0 aliphatic carbocycles. The molecule has 4 nitrogen and oxygen atoms in total. The average Bonchev–Trinajstić information content (AvgIpc) is 2.85. The Morgan fingerprint density at radius 2 is 1.84 bits per heavy atom. The highest BCUT2D eigenvalue weighted by Crippen LogP contribution is 2.30. The van der Waals surface area contributed by atoms with E-state index in [4.69, 9.17) is 0 Å². The lowest BCUT2D eigenvalue weighted by atomic mass is 10.0. The standard InChI is InChI=1S/C14H12N2O2S/c1-19(17,18)11-7-12(10-5-3-2-4-6-10)13-9-15-16-14(13)8-11/h2-9H,1H3,(H,15,16). The van der Waals surface area contributed by atoms with Crippen LogP contribution in [0, 0.1) is 0 Å². The van der Waals surface area contributed by atoms with E-state index < -0.39 is 9.84 Å². The van der Waals surface area contributed by atoms with Crippen LogP contribution in [-0.2, 0) is 9.84 Å². The zero-order chi connectivity index (χ0) is 13.5. The maximum atomic E-state index is 11.7. The lowest BCUT2D eigenvalue weighted by Crippen LogP contribution is -1.97. The minimum absolute atomic E-state index is 0.295. The number of aromatic amines is 1. The first kappa shape index (κ1) is 11.9. The molecule has 1 N–H and O–H groups in total. The van der Waals surface area contributed by atoms with Crippen molar-refractivity contribution in [3.63, 3.8) is 0 Å². The number of hydrogen-bond acceptors (Lipinski definition) is 3. The van der Waals surface area contributed by atoms with E-state index in [1.165, 1.54) is 6.26 Å². The predicted molar refractivity (Wildman–Crippen MR) is 74.6 cm³/mol. The molecule has 3 aromatic rings. The van der Waals surface area contributed by atoms with E-state index in [9.17, 15) is 8.42 Å². The molecule has 5 heteroatoms. The van der Waals surface area contributed by atoms with Crippen molar-refractivity contribution in [2.45, 2.75) is 4.90 Å². The molecule has 0 fully saturated rings. The average molecular weight is 272 g/mol. The molecule has 0 aliphatic rings. The van der Waals surface area contributed by atoms with Gasteiger partial charge in [0.25, 0.3) is 0 Å². The lowest BCUT2D eigenvalue weighted by Gasteiger charge is -2.06. The van der Waals surface area contributed by atoms with Crippen LogP contribution in [0.1, 0.15) is 0 Å². The van der Waals surface area contributed by atoms with Crippen molar-refractivity contribution in [2.75, 3.05) is 6.26 Å². The Morgan fingerprint density at radius 3 is 2.53 bits per heavy atom. The summed E-state index contributed by atoms with van der Waals surface area (Å²) in [7, 11) is -3.25. The second-order valence-corrected chi connectivity index (χ2v) is 6.46. The number of fused-ring (bicyclic) bond motifs is 1. The third kappa shape index (κ3) is 2.13. The first-order valence-corrected chi connectivity index (χ1v) is 7.67. The Labute approximate surface area is 111 Å². The molecule has 96 valence electrons. The molecular formula is C14H12N2O2S. The first-order chi connectivity index (χ1) is 9.05. The van der Waals surface area contributed by atoms with Gasteiger partial charge >= 0.3 is 0 Å². The van der Waals surface area contributed by atoms with Crippen LogP contribution >= 0.6 is 0 Å². The van der Waals surface area contributed by atoms with E-state index in [1.54, 1.807) is 18.3 Å². The van der Waals surface area contributed by atoms with Gasteiger partial charge in [-0.25, -0.2) is 8.42 Å². The van der Waals surface area contributed by atoms with Crippen LogP contribution in [0.15, 0.2) is 53.6 Å². The Balaban J connectivity index is 2.37. The Bertz CT molecular complexity index is 836. The molecule has 1 aromatic heterocycles. The monoisotopic (exact) mass is 272 g/mol. The van der Waals surface area contributed by atoms with Crippen molar-refractivity contribution in [2.24, 2.45) is 0 Å². The molecule has 1 heterocycles. The highest BCUT2D eigenvalue weighted by Gasteiger charge is 2.13. The van der Waals surface area contributed by atoms with Crippen molar-refractivity contribution in [1.29, 1.82) is 0 Å². The molecular weight excluding hydrogens is 260 g/mol. The third-order valence-corrected chi connectivity index (χ3v) is 4.14. The van der Waals surface area contributed by atoms with Gasteiger partial charge < -0.3 is 0 Å². The highest BCUT2D eigenvalue weighted by molar-refractivity contribution is 7.90. The van der Waals surface area contributed by atoms with Crippen LogP contribution in [0.4, 0.5) is 0 Å². The lowest BCUT2D eigenvalue weighted by molar-refractivity contribution is 0.602. The van der Waals surface area contributed by atoms with Crippen molar-refractivity contribution in [3.8, 4) is 11.1 Å². The van der Waals surface area contributed by atoms with Crippen molar-refractivity contribution >= 4 is 20.7 Å². The van der Waals surface area contributed by atoms with Gasteiger partial charge in [-0.15, -0.1) is 0 Å². The van der Waals surface area contributed by atoms with Gasteiger partial charge in [-0.3, -0.25) is 5.10 Å². The van der Waals surface area contributed by atoms with Gasteiger partial charge in [0.15, 0.2) is 9.84 Å². The Kier molecular flexibility index (Phi) is 2.64. The fourth-order valence-electron chi connectivity index (χ4n) is 2.10. The summed E-state index contributed by atoms with van der Waals surface area (Å²) in [6.07, 6.45) is 2.92. The summed E-state index contributed by atoms with van der Waals surface area (Å²) in [5, 5.41) is 7.73. The van der Waals surface area contributed by atoms with Gasteiger partial charge in [-0.05, 0) is 23.3 Å². The largest absolute Gasteiger partial charge is 0.278 e. The molecule has 0 bridgehead atoms. The second kappa shape index (κ2) is 4.20. The molecule has 0 atom stereocenters. The van der Waals surface area contributed by atoms with Crippen LogP contribution in [0.2, 0.25) is 0 Å². The minimum Gasteiger partial charge on any atom is -0.278 e. The van der Waals surface area contributed by atoms with E-state index >= 15 is 0 Å². The van der Waals surface area contributed by atoms with E-state index in [-0.39, 0.29) is 0 Å². The summed E-state index contributed by atoms with van der Waals surface area (Å²) in [6.45, 7) is 0. The molecule has 19 heavy (non-hydrogen) atoms. The van der Waals surface area contributed by atoms with Gasteiger partial charge in [-0.2, -0.15) is 5.10 Å². The summed E-state index contributed by atoms with van der Waals surface area (Å²) in [6, 6.07) is 13.0. The quantitative estimate of drug-likeness (QED) is 0.780. The third-order valence-electron chi connectivity index (χ3n) is 3.05. The molecule has 3 rings (SSSR count). The van der Waals surface area contributed by atoms with Crippen LogP contribution in [0.5, 0.6) is 0 Å². The molecule has 0 radical (unpaired) electrons. The SMILES string of the molecule is CS(=O)(=O)c1cc(-c2ccccc2)c2cn[nH]c2c1. The molecule has 0 spiro atoms. The summed E-state index contributed by atoms with van der Waals surface area (Å²) < 4.78 is 23.5. The van der Waals surface area contributed by atoms with Crippen LogP contribution in [0.25, 0.3) is 22.0 Å². The van der Waals surface area contributed by atoms with Crippen LogP contribution < -0.4 is 0 Å². The second-order valence-electron chi connectivity index (χ2n) is 4.44. The highest BCUT2D eigenvalue weighted by atomic mass is 32.2. The zero-order valence-electron chi connectivity index (χ0n) is 10.3. The maximum Gasteiger partial charge on any atom is 0.175 e. The fraction of sp³-hybridized carbons (Fsp3) is 0.0714. The van der Waals surface area contributed by atoms with E-state index in [1.807, 2.05) is 30.3 Å². The first-order valence-electron chi connectivity index (χ1n) is 5.78. The van der Waals surface area contributed by atoms with Crippen LogP contribution in [0.3, 0.4) is 0 Å². The van der Waals surface area contributed by atoms with Gasteiger partial charge in [0.05, 0.1) is 16.6 Å². The van der Waals surface area contributed by atoms with Crippen molar-refractivity contribution in [3.05, 3.63) is 48.7 Å². The Morgan fingerprint density at radius 1 is 1.11 bits per heavy atom. The normalized spacial score (nSPS) is 11.8. The Hall–Kier alpha value is -2.14. The molecule has 0 saturated carbocycles.